The minimum Gasteiger partial charge on any atom is -0.406 e. The van der Waals surface area contributed by atoms with Gasteiger partial charge in [-0.05, 0) is 24.0 Å². The molecule has 1 nitrogen and oxygen atoms in total. The largest absolute Gasteiger partial charge is 0.573 e. The molecule has 0 aromatic heterocycles. The third-order valence-electron chi connectivity index (χ3n) is 2.55. The molecule has 0 bridgehead atoms. The van der Waals surface area contributed by atoms with E-state index < -0.39 is 10.7 Å². The van der Waals surface area contributed by atoms with Crippen LogP contribution in [0.5, 0.6) is 0 Å². The average molecular weight is 299 g/mol. The van der Waals surface area contributed by atoms with Gasteiger partial charge in [0.2, 0.25) is 0 Å². The molecule has 0 N–H and O–H groups in total. The first-order valence-corrected chi connectivity index (χ1v) is 5.67. The van der Waals surface area contributed by atoms with Gasteiger partial charge in [-0.3, -0.25) is 0 Å². The lowest BCUT2D eigenvalue weighted by Crippen LogP contribution is -2.36. The highest BCUT2D eigenvalue weighted by Crippen LogP contribution is 2.45. The zero-order valence-electron chi connectivity index (χ0n) is 9.36. The van der Waals surface area contributed by atoms with E-state index in [4.69, 9.17) is 0 Å². The monoisotopic (exact) mass is 298 g/mol. The van der Waals surface area contributed by atoms with Crippen molar-refractivity contribution in [2.75, 3.05) is 0 Å². The first-order valence-electron chi connectivity index (χ1n) is 4.88. The first-order chi connectivity index (χ1) is 7.04. The average Bonchev–Trinajstić information content (AvgIpc) is 1.98. The van der Waals surface area contributed by atoms with Crippen LogP contribution in [0.15, 0.2) is 24.0 Å². The summed E-state index contributed by atoms with van der Waals surface area (Å²) in [4.78, 5) is 0. The van der Waals surface area contributed by atoms with E-state index in [1.54, 1.807) is 6.08 Å². The van der Waals surface area contributed by atoms with E-state index in [1.165, 1.54) is 12.2 Å². The number of hydrogen-bond donors (Lipinski definition) is 0. The molecule has 5 heteroatoms. The summed E-state index contributed by atoms with van der Waals surface area (Å²) in [6, 6.07) is 0. The summed E-state index contributed by atoms with van der Waals surface area (Å²) in [6.07, 6.45) is 0.515. The van der Waals surface area contributed by atoms with Crippen LogP contribution in [0.2, 0.25) is 0 Å². The van der Waals surface area contributed by atoms with Crippen LogP contribution in [0.1, 0.15) is 27.2 Å². The van der Waals surface area contributed by atoms with Crippen LogP contribution in [0, 0.1) is 5.41 Å². The molecule has 0 saturated heterocycles. The highest BCUT2D eigenvalue weighted by molar-refractivity contribution is 9.10. The molecule has 0 radical (unpaired) electrons. The highest BCUT2D eigenvalue weighted by atomic mass is 79.9. The van der Waals surface area contributed by atoms with E-state index in [2.05, 4.69) is 20.7 Å². The summed E-state index contributed by atoms with van der Waals surface area (Å²) < 4.78 is 39.6. The Morgan fingerprint density at radius 1 is 1.31 bits per heavy atom. The summed E-state index contributed by atoms with van der Waals surface area (Å²) in [7, 11) is 0. The molecule has 0 amide bonds. The molecule has 0 aliphatic heterocycles. The van der Waals surface area contributed by atoms with Crippen molar-refractivity contribution < 1.29 is 17.9 Å². The van der Waals surface area contributed by atoms with E-state index in [1.807, 2.05) is 20.8 Å². The molecule has 1 atom stereocenters. The second-order valence-corrected chi connectivity index (χ2v) is 6.23. The summed E-state index contributed by atoms with van der Waals surface area (Å²) >= 11 is 3.49. The third-order valence-corrected chi connectivity index (χ3v) is 4.29. The lowest BCUT2D eigenvalue weighted by molar-refractivity contribution is -0.303. The number of alkyl halides is 4. The van der Waals surface area contributed by atoms with Crippen molar-refractivity contribution >= 4 is 15.9 Å². The standard InChI is InChI=1S/C11H14BrF3O/c1-9(2,3)10(12)6-4-5-8(7-10)16-11(13,14)15/h4-5,7H,6H2,1-3H3. The molecular weight excluding hydrogens is 285 g/mol. The minimum absolute atomic E-state index is 0.162. The Kier molecular flexibility index (Phi) is 3.48. The van der Waals surface area contributed by atoms with E-state index in [0.717, 1.165) is 0 Å². The normalized spacial score (nSPS) is 26.6. The molecule has 16 heavy (non-hydrogen) atoms. The van der Waals surface area contributed by atoms with Crippen molar-refractivity contribution in [3.05, 3.63) is 24.0 Å². The fourth-order valence-electron chi connectivity index (χ4n) is 1.40. The van der Waals surface area contributed by atoms with Gasteiger partial charge in [-0.25, -0.2) is 0 Å². The van der Waals surface area contributed by atoms with Crippen molar-refractivity contribution in [3.8, 4) is 0 Å². The summed E-state index contributed by atoms with van der Waals surface area (Å²) in [6.45, 7) is 5.88. The van der Waals surface area contributed by atoms with E-state index in [0.29, 0.717) is 6.42 Å². The van der Waals surface area contributed by atoms with Gasteiger partial charge in [0.1, 0.15) is 5.76 Å². The quantitative estimate of drug-likeness (QED) is 0.646. The number of allylic oxidation sites excluding steroid dienone is 3. The highest BCUT2D eigenvalue weighted by Gasteiger charge is 2.40. The lowest BCUT2D eigenvalue weighted by Gasteiger charge is -2.38. The SMILES string of the molecule is CC(C)(C)C1(Br)C=C(OC(F)(F)F)C=CC1. The fraction of sp³-hybridized carbons (Fsp3) is 0.636. The van der Waals surface area contributed by atoms with Gasteiger partial charge in [-0.1, -0.05) is 42.8 Å². The second kappa shape index (κ2) is 4.09. The molecule has 1 rings (SSSR count). The summed E-state index contributed by atoms with van der Waals surface area (Å²) in [5, 5.41) is 0. The predicted molar refractivity (Wildman–Crippen MR) is 60.1 cm³/mol. The molecule has 0 fully saturated rings. The number of halogens is 4. The molecule has 0 heterocycles. The van der Waals surface area contributed by atoms with E-state index in [9.17, 15) is 13.2 Å². The maximum atomic E-state index is 12.1. The fourth-order valence-corrected chi connectivity index (χ4v) is 1.81. The van der Waals surface area contributed by atoms with Gasteiger partial charge in [0, 0.05) is 0 Å². The summed E-state index contributed by atoms with van der Waals surface area (Å²) in [5.74, 6) is -0.162. The van der Waals surface area contributed by atoms with E-state index >= 15 is 0 Å². The molecule has 1 aliphatic carbocycles. The van der Waals surface area contributed by atoms with Gasteiger partial charge in [-0.15, -0.1) is 13.2 Å². The van der Waals surface area contributed by atoms with Crippen LogP contribution >= 0.6 is 15.9 Å². The molecular formula is C11H14BrF3O. The third kappa shape index (κ3) is 3.27. The number of rotatable bonds is 1. The van der Waals surface area contributed by atoms with E-state index in [-0.39, 0.29) is 11.2 Å². The Hall–Kier alpha value is -0.450. The Balaban J connectivity index is 2.93. The van der Waals surface area contributed by atoms with Crippen molar-refractivity contribution in [2.45, 2.75) is 37.9 Å². The van der Waals surface area contributed by atoms with Crippen LogP contribution in [0.3, 0.4) is 0 Å². The predicted octanol–water partition coefficient (Wildman–Crippen LogP) is 4.55. The Labute approximate surface area is 101 Å². The lowest BCUT2D eigenvalue weighted by atomic mass is 9.77. The zero-order valence-corrected chi connectivity index (χ0v) is 10.9. The zero-order chi connectivity index (χ0) is 12.6. The first kappa shape index (κ1) is 13.6. The Morgan fingerprint density at radius 3 is 2.31 bits per heavy atom. The molecule has 0 spiro atoms. The molecule has 0 aromatic rings. The molecule has 0 aromatic carbocycles. The van der Waals surface area contributed by atoms with Crippen LogP contribution in [0.4, 0.5) is 13.2 Å². The van der Waals surface area contributed by atoms with Crippen LogP contribution < -0.4 is 0 Å². The van der Waals surface area contributed by atoms with Gasteiger partial charge >= 0.3 is 6.36 Å². The van der Waals surface area contributed by atoms with Gasteiger partial charge in [0.25, 0.3) is 0 Å². The van der Waals surface area contributed by atoms with Crippen LogP contribution in [-0.2, 0) is 4.74 Å². The van der Waals surface area contributed by atoms with Gasteiger partial charge in [0.15, 0.2) is 0 Å². The summed E-state index contributed by atoms with van der Waals surface area (Å²) in [5.41, 5.74) is -0.196. The maximum absolute atomic E-state index is 12.1. The van der Waals surface area contributed by atoms with Crippen molar-refractivity contribution in [1.82, 2.24) is 0 Å². The van der Waals surface area contributed by atoms with Crippen molar-refractivity contribution in [2.24, 2.45) is 5.41 Å². The van der Waals surface area contributed by atoms with Gasteiger partial charge in [0.05, 0.1) is 4.32 Å². The smallest absolute Gasteiger partial charge is 0.406 e. The minimum atomic E-state index is -4.64. The number of hydrogen-bond acceptors (Lipinski definition) is 1. The van der Waals surface area contributed by atoms with Gasteiger partial charge in [-0.2, -0.15) is 0 Å². The number of ether oxygens (including phenoxy) is 1. The topological polar surface area (TPSA) is 9.23 Å². The molecule has 1 unspecified atom stereocenters. The maximum Gasteiger partial charge on any atom is 0.573 e. The van der Waals surface area contributed by atoms with Gasteiger partial charge < -0.3 is 4.74 Å². The van der Waals surface area contributed by atoms with Crippen LogP contribution in [0.25, 0.3) is 0 Å². The molecule has 0 saturated carbocycles. The Morgan fingerprint density at radius 2 is 1.88 bits per heavy atom. The Bertz CT molecular complexity index is 325. The van der Waals surface area contributed by atoms with Crippen LogP contribution in [-0.4, -0.2) is 10.7 Å². The molecule has 1 aliphatic rings. The van der Waals surface area contributed by atoms with Crippen molar-refractivity contribution in [1.29, 1.82) is 0 Å². The van der Waals surface area contributed by atoms with Crippen molar-refractivity contribution in [3.63, 3.8) is 0 Å². The second-order valence-electron chi connectivity index (χ2n) is 4.81. The molecule has 92 valence electrons.